The van der Waals surface area contributed by atoms with Crippen LogP contribution in [0.25, 0.3) is 0 Å². The van der Waals surface area contributed by atoms with Crippen LogP contribution in [-0.4, -0.2) is 0 Å². The van der Waals surface area contributed by atoms with Crippen LogP contribution in [0, 0.1) is 6.42 Å². The van der Waals surface area contributed by atoms with E-state index in [1.807, 2.05) is 25.1 Å². The topological polar surface area (TPSA) is 0 Å². The zero-order valence-corrected chi connectivity index (χ0v) is 5.96. The van der Waals surface area contributed by atoms with Gasteiger partial charge in [-0.3, -0.25) is 0 Å². The van der Waals surface area contributed by atoms with E-state index in [4.69, 9.17) is 0 Å². The normalized spacial score (nSPS) is 7.67. The predicted molar refractivity (Wildman–Crippen MR) is 35.5 cm³/mol. The van der Waals surface area contributed by atoms with Crippen molar-refractivity contribution >= 4 is 0 Å². The van der Waals surface area contributed by atoms with E-state index in [-0.39, 0.29) is 18.9 Å². The van der Waals surface area contributed by atoms with E-state index in [0.29, 0.717) is 0 Å². The van der Waals surface area contributed by atoms with Crippen LogP contribution in [0.2, 0.25) is 0 Å². The van der Waals surface area contributed by atoms with E-state index in [1.165, 1.54) is 5.56 Å². The van der Waals surface area contributed by atoms with Gasteiger partial charge in [0.05, 0.1) is 0 Å². The van der Waals surface area contributed by atoms with Crippen molar-refractivity contribution in [1.82, 2.24) is 0 Å². The Bertz CT molecular complexity index is 146. The van der Waals surface area contributed by atoms with Gasteiger partial charge in [-0.25, -0.2) is 0 Å². The first-order valence-electron chi connectivity index (χ1n) is 2.78. The smallest absolute Gasteiger partial charge is 0.192 e. The molecule has 0 saturated carbocycles. The van der Waals surface area contributed by atoms with Crippen LogP contribution in [0.4, 0.5) is 0 Å². The molecule has 0 saturated heterocycles. The summed E-state index contributed by atoms with van der Waals surface area (Å²) in [6.45, 7) is 2.04. The van der Waals surface area contributed by atoms with Gasteiger partial charge in [0.1, 0.15) is 0 Å². The summed E-state index contributed by atoms with van der Waals surface area (Å²) < 4.78 is 0. The fraction of sp³-hybridized carbons (Fsp3) is 0.125. The van der Waals surface area contributed by atoms with Crippen LogP contribution in [-0.2, 0) is 0 Å². The zero-order chi connectivity index (χ0) is 5.82. The molecule has 0 atom stereocenters. The molecule has 0 aliphatic rings. The monoisotopic (exact) mass is 112 g/mol. The van der Waals surface area contributed by atoms with Crippen molar-refractivity contribution in [3.05, 3.63) is 42.3 Å². The maximum atomic E-state index is 2.08. The van der Waals surface area contributed by atoms with Gasteiger partial charge in [-0.05, 0) is 0 Å². The summed E-state index contributed by atoms with van der Waals surface area (Å²) in [4.78, 5) is 0. The van der Waals surface area contributed by atoms with Crippen LogP contribution >= 0.6 is 0 Å². The Balaban J connectivity index is 0.000000640. The zero-order valence-electron chi connectivity index (χ0n) is 5.96. The van der Waals surface area contributed by atoms with E-state index in [2.05, 4.69) is 18.6 Å². The first-order chi connectivity index (χ1) is 3.93. The Morgan fingerprint density at radius 2 is 1.67 bits per heavy atom. The molecular weight excluding hydrogens is 103 g/mol. The molecule has 0 bridgehead atoms. The largest absolute Gasteiger partial charge is 1.00 e. The van der Waals surface area contributed by atoms with E-state index in [1.54, 1.807) is 0 Å². The van der Waals surface area contributed by atoms with Gasteiger partial charge in [-0.1, -0.05) is 13.0 Å². The molecule has 0 spiro atoms. The second-order valence-corrected chi connectivity index (χ2v) is 1.70. The van der Waals surface area contributed by atoms with Gasteiger partial charge >= 0.3 is 18.9 Å². The summed E-state index contributed by atoms with van der Waals surface area (Å²) in [5.74, 6) is 0. The van der Waals surface area contributed by atoms with Crippen LogP contribution in [0.15, 0.2) is 30.3 Å². The van der Waals surface area contributed by atoms with Crippen LogP contribution < -0.4 is 18.9 Å². The van der Waals surface area contributed by atoms with Crippen molar-refractivity contribution in [2.24, 2.45) is 0 Å². The quantitative estimate of drug-likeness (QED) is 0.331. The third-order valence-electron chi connectivity index (χ3n) is 1.13. The van der Waals surface area contributed by atoms with Gasteiger partial charge in [-0.15, -0.1) is 12.1 Å². The summed E-state index contributed by atoms with van der Waals surface area (Å²) in [5.41, 5.74) is 1.28. The predicted octanol–water partition coefficient (Wildman–Crippen LogP) is -0.737. The SMILES string of the molecule is C[CH-]c1ccccc1.[Li+]. The van der Waals surface area contributed by atoms with Gasteiger partial charge in [0, 0.05) is 0 Å². The van der Waals surface area contributed by atoms with Crippen molar-refractivity contribution in [3.63, 3.8) is 0 Å². The maximum Gasteiger partial charge on any atom is 1.00 e. The van der Waals surface area contributed by atoms with E-state index in [0.717, 1.165) is 0 Å². The third kappa shape index (κ3) is 2.65. The van der Waals surface area contributed by atoms with Crippen molar-refractivity contribution in [1.29, 1.82) is 0 Å². The first kappa shape index (κ1) is 8.69. The van der Waals surface area contributed by atoms with Crippen LogP contribution in [0.1, 0.15) is 12.5 Å². The molecule has 0 amide bonds. The maximum absolute atomic E-state index is 2.08. The third-order valence-corrected chi connectivity index (χ3v) is 1.13. The minimum Gasteiger partial charge on any atom is -0.192 e. The number of rotatable bonds is 1. The van der Waals surface area contributed by atoms with Gasteiger partial charge in [0.2, 0.25) is 0 Å². The molecule has 1 aromatic rings. The van der Waals surface area contributed by atoms with E-state index in [9.17, 15) is 0 Å². The van der Waals surface area contributed by atoms with Crippen molar-refractivity contribution in [2.75, 3.05) is 0 Å². The average Bonchev–Trinajstić information content (AvgIpc) is 1.90. The number of hydrogen-bond donors (Lipinski definition) is 0. The molecule has 0 radical (unpaired) electrons. The molecule has 0 unspecified atom stereocenters. The van der Waals surface area contributed by atoms with Crippen LogP contribution in [0.3, 0.4) is 0 Å². The Labute approximate surface area is 68.5 Å². The molecule has 0 fully saturated rings. The van der Waals surface area contributed by atoms with Gasteiger partial charge < -0.3 is 0 Å². The Morgan fingerprint density at radius 1 is 1.11 bits per heavy atom. The molecule has 0 heterocycles. The Morgan fingerprint density at radius 3 is 2.00 bits per heavy atom. The fourth-order valence-electron chi connectivity index (χ4n) is 0.645. The second-order valence-electron chi connectivity index (χ2n) is 1.70. The Kier molecular flexibility index (Phi) is 4.40. The second kappa shape index (κ2) is 4.56. The average molecular weight is 112 g/mol. The molecule has 1 rings (SSSR count). The molecule has 9 heavy (non-hydrogen) atoms. The van der Waals surface area contributed by atoms with Crippen LogP contribution in [0.5, 0.6) is 0 Å². The molecule has 0 aromatic heterocycles. The summed E-state index contributed by atoms with van der Waals surface area (Å²) in [5, 5.41) is 0. The summed E-state index contributed by atoms with van der Waals surface area (Å²) in [6, 6.07) is 10.3. The number of benzene rings is 1. The van der Waals surface area contributed by atoms with E-state index >= 15 is 0 Å². The molecular formula is C8H9Li. The van der Waals surface area contributed by atoms with Crippen molar-refractivity contribution in [3.8, 4) is 0 Å². The van der Waals surface area contributed by atoms with E-state index < -0.39 is 0 Å². The molecule has 0 N–H and O–H groups in total. The molecule has 0 nitrogen and oxygen atoms in total. The van der Waals surface area contributed by atoms with Gasteiger partial charge in [0.15, 0.2) is 0 Å². The fourth-order valence-corrected chi connectivity index (χ4v) is 0.645. The number of hydrogen-bond acceptors (Lipinski definition) is 0. The molecule has 1 heteroatoms. The van der Waals surface area contributed by atoms with Crippen molar-refractivity contribution < 1.29 is 18.9 Å². The Hall–Kier alpha value is -0.313. The standard InChI is InChI=1S/C8H9.Li/c1-2-8-6-4-3-5-7-8;/h2-7H,1H3;/q-1;+1. The van der Waals surface area contributed by atoms with Crippen molar-refractivity contribution in [2.45, 2.75) is 6.92 Å². The van der Waals surface area contributed by atoms with Gasteiger partial charge in [0.25, 0.3) is 0 Å². The minimum absolute atomic E-state index is 0. The molecule has 1 aromatic carbocycles. The molecule has 0 aliphatic heterocycles. The minimum atomic E-state index is 0. The molecule has 42 valence electrons. The van der Waals surface area contributed by atoms with Gasteiger partial charge in [-0.2, -0.15) is 24.1 Å². The first-order valence-corrected chi connectivity index (χ1v) is 2.78. The summed E-state index contributed by atoms with van der Waals surface area (Å²) >= 11 is 0. The summed E-state index contributed by atoms with van der Waals surface area (Å²) in [6.07, 6.45) is 2.08. The summed E-state index contributed by atoms with van der Waals surface area (Å²) in [7, 11) is 0. The molecule has 0 aliphatic carbocycles.